The van der Waals surface area contributed by atoms with Gasteiger partial charge in [0.2, 0.25) is 0 Å². The second kappa shape index (κ2) is 8.20. The third kappa shape index (κ3) is 4.32. The fraction of sp³-hybridized carbons (Fsp3) is 0.533. The highest BCUT2D eigenvalue weighted by Gasteiger charge is 2.25. The highest BCUT2D eigenvalue weighted by Crippen LogP contribution is 2.23. The van der Waals surface area contributed by atoms with Crippen LogP contribution in [-0.4, -0.2) is 31.6 Å². The first-order valence-corrected chi connectivity index (χ1v) is 7.06. The molecular weight excluding hydrogens is 295 g/mol. The van der Waals surface area contributed by atoms with Crippen molar-refractivity contribution in [3.63, 3.8) is 0 Å². The molecule has 0 aromatic heterocycles. The Morgan fingerprint density at radius 3 is 2.95 bits per heavy atom. The van der Waals surface area contributed by atoms with Crippen LogP contribution in [0.15, 0.2) is 18.2 Å². The maximum absolute atomic E-state index is 13.7. The van der Waals surface area contributed by atoms with Gasteiger partial charge in [-0.2, -0.15) is 0 Å². The van der Waals surface area contributed by atoms with E-state index < -0.39 is 5.82 Å². The average Bonchev–Trinajstić information content (AvgIpc) is 2.43. The minimum absolute atomic E-state index is 0. The molecule has 0 radical (unpaired) electrons. The van der Waals surface area contributed by atoms with Gasteiger partial charge in [0.25, 0.3) is 5.91 Å². The van der Waals surface area contributed by atoms with Crippen LogP contribution in [0, 0.1) is 11.7 Å². The van der Waals surface area contributed by atoms with Gasteiger partial charge in [-0.25, -0.2) is 4.39 Å². The standard InChI is InChI=1S/C15H21FN2O2.ClH/c1-3-20-14-11(5-4-6-12(14)16)15(19)18-13-9-17-8-7-10(13)2;/h4-6,10,13,17H,3,7-9H2,1-2H3,(H,18,19);1H. The van der Waals surface area contributed by atoms with E-state index in [1.54, 1.807) is 13.0 Å². The van der Waals surface area contributed by atoms with Gasteiger partial charge in [0.1, 0.15) is 0 Å². The lowest BCUT2D eigenvalue weighted by atomic mass is 9.94. The van der Waals surface area contributed by atoms with E-state index in [4.69, 9.17) is 4.74 Å². The van der Waals surface area contributed by atoms with E-state index in [0.717, 1.165) is 19.5 Å². The summed E-state index contributed by atoms with van der Waals surface area (Å²) in [6.07, 6.45) is 1.02. The molecule has 0 spiro atoms. The fourth-order valence-electron chi connectivity index (χ4n) is 2.41. The Morgan fingerprint density at radius 1 is 1.52 bits per heavy atom. The predicted molar refractivity (Wildman–Crippen MR) is 82.7 cm³/mol. The Hall–Kier alpha value is -1.33. The van der Waals surface area contributed by atoms with Crippen LogP contribution in [0.4, 0.5) is 4.39 Å². The van der Waals surface area contributed by atoms with E-state index in [1.165, 1.54) is 12.1 Å². The lowest BCUT2D eigenvalue weighted by molar-refractivity contribution is 0.0910. The molecule has 1 aliphatic rings. The van der Waals surface area contributed by atoms with E-state index >= 15 is 0 Å². The summed E-state index contributed by atoms with van der Waals surface area (Å²) in [5.74, 6) is -0.351. The number of rotatable bonds is 4. The van der Waals surface area contributed by atoms with Gasteiger partial charge in [0.15, 0.2) is 11.6 Å². The molecule has 4 nitrogen and oxygen atoms in total. The number of benzene rings is 1. The van der Waals surface area contributed by atoms with Crippen LogP contribution in [0.5, 0.6) is 5.75 Å². The molecule has 21 heavy (non-hydrogen) atoms. The lowest BCUT2D eigenvalue weighted by Crippen LogP contribution is -2.50. The third-order valence-electron chi connectivity index (χ3n) is 3.64. The fourth-order valence-corrected chi connectivity index (χ4v) is 2.41. The van der Waals surface area contributed by atoms with Crippen molar-refractivity contribution in [1.82, 2.24) is 10.6 Å². The van der Waals surface area contributed by atoms with Gasteiger partial charge in [-0.15, -0.1) is 12.4 Å². The molecule has 2 atom stereocenters. The van der Waals surface area contributed by atoms with Crippen molar-refractivity contribution >= 4 is 18.3 Å². The Kier molecular flexibility index (Phi) is 6.92. The molecule has 118 valence electrons. The molecule has 1 saturated heterocycles. The number of halogens is 2. The number of carbonyl (C=O) groups is 1. The number of nitrogens with one attached hydrogen (secondary N) is 2. The largest absolute Gasteiger partial charge is 0.490 e. The Labute approximate surface area is 130 Å². The number of amides is 1. The summed E-state index contributed by atoms with van der Waals surface area (Å²) in [7, 11) is 0. The highest BCUT2D eigenvalue weighted by molar-refractivity contribution is 5.97. The van der Waals surface area contributed by atoms with E-state index in [9.17, 15) is 9.18 Å². The van der Waals surface area contributed by atoms with Crippen LogP contribution in [0.25, 0.3) is 0 Å². The first kappa shape index (κ1) is 17.7. The smallest absolute Gasteiger partial charge is 0.255 e. The molecule has 1 aliphatic heterocycles. The first-order valence-electron chi connectivity index (χ1n) is 7.06. The first-order chi connectivity index (χ1) is 9.63. The number of piperidine rings is 1. The van der Waals surface area contributed by atoms with Gasteiger partial charge in [-0.1, -0.05) is 13.0 Å². The average molecular weight is 317 g/mol. The van der Waals surface area contributed by atoms with E-state index in [1.807, 2.05) is 0 Å². The zero-order chi connectivity index (χ0) is 14.5. The number of hydrogen-bond donors (Lipinski definition) is 2. The number of hydrogen-bond acceptors (Lipinski definition) is 3. The normalized spacial score (nSPS) is 21.3. The molecular formula is C15H22ClFN2O2. The quantitative estimate of drug-likeness (QED) is 0.896. The summed E-state index contributed by atoms with van der Waals surface area (Å²) in [5.41, 5.74) is 0.254. The molecule has 0 aliphatic carbocycles. The Bertz CT molecular complexity index is 485. The van der Waals surface area contributed by atoms with Crippen molar-refractivity contribution in [3.05, 3.63) is 29.6 Å². The number of para-hydroxylation sites is 1. The summed E-state index contributed by atoms with van der Waals surface area (Å²) in [6.45, 7) is 5.91. The molecule has 1 heterocycles. The topological polar surface area (TPSA) is 50.4 Å². The predicted octanol–water partition coefficient (Wildman–Crippen LogP) is 2.37. The molecule has 2 unspecified atom stereocenters. The monoisotopic (exact) mass is 316 g/mol. The van der Waals surface area contributed by atoms with Crippen LogP contribution >= 0.6 is 12.4 Å². The molecule has 1 aromatic rings. The number of ether oxygens (including phenoxy) is 1. The zero-order valence-corrected chi connectivity index (χ0v) is 13.1. The molecule has 2 N–H and O–H groups in total. The molecule has 6 heteroatoms. The van der Waals surface area contributed by atoms with Crippen molar-refractivity contribution in [1.29, 1.82) is 0 Å². The van der Waals surface area contributed by atoms with Crippen LogP contribution in [0.2, 0.25) is 0 Å². The summed E-state index contributed by atoms with van der Waals surface area (Å²) < 4.78 is 19.0. The second-order valence-electron chi connectivity index (χ2n) is 5.10. The Morgan fingerprint density at radius 2 is 2.29 bits per heavy atom. The summed E-state index contributed by atoms with van der Waals surface area (Å²) in [5, 5.41) is 6.22. The third-order valence-corrected chi connectivity index (χ3v) is 3.64. The van der Waals surface area contributed by atoms with Crippen LogP contribution in [0.1, 0.15) is 30.6 Å². The van der Waals surface area contributed by atoms with Gasteiger partial charge in [0, 0.05) is 12.6 Å². The van der Waals surface area contributed by atoms with Gasteiger partial charge >= 0.3 is 0 Å². The molecule has 2 rings (SSSR count). The van der Waals surface area contributed by atoms with Crippen LogP contribution in [-0.2, 0) is 0 Å². The minimum Gasteiger partial charge on any atom is -0.490 e. The van der Waals surface area contributed by atoms with Gasteiger partial charge in [-0.05, 0) is 37.9 Å². The van der Waals surface area contributed by atoms with Crippen molar-refractivity contribution in [2.45, 2.75) is 26.3 Å². The van der Waals surface area contributed by atoms with E-state index in [0.29, 0.717) is 12.5 Å². The molecule has 1 amide bonds. The van der Waals surface area contributed by atoms with Crippen molar-refractivity contribution < 1.29 is 13.9 Å². The Balaban J connectivity index is 0.00000220. The molecule has 0 saturated carbocycles. The molecule has 0 bridgehead atoms. The minimum atomic E-state index is -0.505. The van der Waals surface area contributed by atoms with Gasteiger partial charge in [0.05, 0.1) is 12.2 Å². The second-order valence-corrected chi connectivity index (χ2v) is 5.10. The van der Waals surface area contributed by atoms with E-state index in [2.05, 4.69) is 17.6 Å². The molecule has 1 aromatic carbocycles. The van der Waals surface area contributed by atoms with Crippen molar-refractivity contribution in [3.8, 4) is 5.75 Å². The summed E-state index contributed by atoms with van der Waals surface area (Å²) in [6, 6.07) is 4.47. The van der Waals surface area contributed by atoms with Crippen LogP contribution < -0.4 is 15.4 Å². The SMILES string of the molecule is CCOc1c(F)cccc1C(=O)NC1CNCCC1C.Cl. The molecule has 1 fully saturated rings. The van der Waals surface area contributed by atoms with Crippen molar-refractivity contribution in [2.75, 3.05) is 19.7 Å². The maximum Gasteiger partial charge on any atom is 0.255 e. The highest BCUT2D eigenvalue weighted by atomic mass is 35.5. The van der Waals surface area contributed by atoms with Gasteiger partial charge in [-0.3, -0.25) is 4.79 Å². The van der Waals surface area contributed by atoms with E-state index in [-0.39, 0.29) is 35.7 Å². The zero-order valence-electron chi connectivity index (χ0n) is 12.3. The maximum atomic E-state index is 13.7. The summed E-state index contributed by atoms with van der Waals surface area (Å²) >= 11 is 0. The van der Waals surface area contributed by atoms with Crippen molar-refractivity contribution in [2.24, 2.45) is 5.92 Å². The van der Waals surface area contributed by atoms with Gasteiger partial charge < -0.3 is 15.4 Å². The van der Waals surface area contributed by atoms with Crippen LogP contribution in [0.3, 0.4) is 0 Å². The lowest BCUT2D eigenvalue weighted by Gasteiger charge is -2.30. The number of carbonyl (C=O) groups excluding carboxylic acids is 1. The summed E-state index contributed by atoms with van der Waals surface area (Å²) in [4.78, 5) is 12.3.